The number of rotatable bonds is 6. The minimum absolute atomic E-state index is 0.0525. The summed E-state index contributed by atoms with van der Waals surface area (Å²) in [5, 5.41) is 16.9. The minimum Gasteiger partial charge on any atom is -0.473 e. The molecule has 1 saturated heterocycles. The largest absolute Gasteiger partial charge is 0.473 e. The summed E-state index contributed by atoms with van der Waals surface area (Å²) in [5.74, 6) is -3.38. The topological polar surface area (TPSA) is 160 Å². The Morgan fingerprint density at radius 1 is 0.778 bits per heavy atom. The molecule has 0 atom stereocenters. The fraction of sp³-hybridized carbons (Fsp3) is 0.188. The summed E-state index contributed by atoms with van der Waals surface area (Å²) in [6.07, 6.45) is 3.46. The number of carboxylic acids is 2. The van der Waals surface area contributed by atoms with Gasteiger partial charge in [-0.05, 0) is 86.2 Å². The van der Waals surface area contributed by atoms with E-state index in [1.807, 2.05) is 30.3 Å². The smallest absolute Gasteiger partial charge is 0.414 e. The molecule has 2 N–H and O–H groups in total. The van der Waals surface area contributed by atoms with Crippen LogP contribution in [0.3, 0.4) is 0 Å². The van der Waals surface area contributed by atoms with Gasteiger partial charge in [-0.3, -0.25) is 0 Å². The normalized spacial score (nSPS) is 14.5. The highest BCUT2D eigenvalue weighted by Gasteiger charge is 2.28. The molecular weight excluding hydrogens is 620 g/mol. The molecule has 0 unspecified atom stereocenters. The Kier molecular flexibility index (Phi) is 8.96. The van der Waals surface area contributed by atoms with Crippen LogP contribution in [0.15, 0.2) is 107 Å². The Bertz CT molecular complexity index is 2080. The Labute approximate surface area is 260 Å². The van der Waals surface area contributed by atoms with Gasteiger partial charge in [-0.15, -0.1) is 0 Å². The molecule has 0 radical (unpaired) electrons. The van der Waals surface area contributed by atoms with Crippen LogP contribution >= 0.6 is 0 Å². The van der Waals surface area contributed by atoms with Gasteiger partial charge >= 0.3 is 22.1 Å². The number of aromatic nitrogens is 1. The molecule has 1 aromatic heterocycles. The second kappa shape index (κ2) is 12.7. The Morgan fingerprint density at radius 3 is 2.07 bits per heavy atom. The van der Waals surface area contributed by atoms with Crippen LogP contribution in [0.1, 0.15) is 24.3 Å². The third-order valence-electron chi connectivity index (χ3n) is 7.64. The van der Waals surface area contributed by atoms with Gasteiger partial charge in [0.05, 0.1) is 10.4 Å². The predicted molar refractivity (Wildman–Crippen MR) is 167 cm³/mol. The van der Waals surface area contributed by atoms with Crippen LogP contribution in [0.5, 0.6) is 5.75 Å². The third kappa shape index (κ3) is 6.70. The van der Waals surface area contributed by atoms with Gasteiger partial charge in [0.2, 0.25) is 0 Å². The van der Waals surface area contributed by atoms with Crippen molar-refractivity contribution in [2.24, 2.45) is 0 Å². The lowest BCUT2D eigenvalue weighted by molar-refractivity contribution is -0.159. The second-order valence-electron chi connectivity index (χ2n) is 10.6. The number of hydrogen-bond acceptors (Lipinski definition) is 8. The zero-order valence-corrected chi connectivity index (χ0v) is 25.7. The van der Waals surface area contributed by atoms with Crippen LogP contribution in [0.25, 0.3) is 21.7 Å². The maximum absolute atomic E-state index is 14.1. The third-order valence-corrected chi connectivity index (χ3v) is 10.6. The number of hydrogen-bond donors (Lipinski definition) is 2. The van der Waals surface area contributed by atoms with E-state index in [4.69, 9.17) is 24.0 Å². The summed E-state index contributed by atoms with van der Waals surface area (Å²) in [7, 11) is -5.94. The van der Waals surface area contributed by atoms with Crippen LogP contribution < -0.4 is 4.18 Å². The van der Waals surface area contributed by atoms with Crippen molar-refractivity contribution >= 4 is 53.8 Å². The highest BCUT2D eigenvalue weighted by atomic mass is 32.2. The summed E-state index contributed by atoms with van der Waals surface area (Å²) in [6, 6.07) is 25.4. The number of benzene rings is 4. The number of carbonyl (C=O) groups is 2. The molecule has 0 amide bonds. The number of aliphatic carboxylic acids is 2. The van der Waals surface area contributed by atoms with E-state index in [1.54, 1.807) is 48.7 Å². The molecule has 6 rings (SSSR count). The average Bonchev–Trinajstić information content (AvgIpc) is 3.41. The zero-order chi connectivity index (χ0) is 32.4. The van der Waals surface area contributed by atoms with Gasteiger partial charge in [0.1, 0.15) is 10.6 Å². The first-order valence-electron chi connectivity index (χ1n) is 13.9. The Balaban J connectivity index is 0.000000609. The summed E-state index contributed by atoms with van der Waals surface area (Å²) in [5.41, 5.74) is 1.37. The highest BCUT2D eigenvalue weighted by Crippen LogP contribution is 2.38. The Hall–Kier alpha value is -4.72. The molecule has 1 fully saturated rings. The molecule has 234 valence electrons. The number of likely N-dealkylation sites (tertiary alicyclic amines) is 1. The number of carboxylic acid groups (broad SMARTS) is 2. The molecule has 0 bridgehead atoms. The Morgan fingerprint density at radius 2 is 1.40 bits per heavy atom. The summed E-state index contributed by atoms with van der Waals surface area (Å²) in [6.45, 7) is 1.79. The fourth-order valence-corrected chi connectivity index (χ4v) is 7.93. The van der Waals surface area contributed by atoms with Gasteiger partial charge < -0.3 is 19.3 Å². The second-order valence-corrected chi connectivity index (χ2v) is 13.9. The molecule has 5 aromatic rings. The van der Waals surface area contributed by atoms with Gasteiger partial charge in [0.15, 0.2) is 0 Å². The van der Waals surface area contributed by atoms with Crippen LogP contribution in [0.2, 0.25) is 0 Å². The van der Waals surface area contributed by atoms with Crippen molar-refractivity contribution < 1.29 is 40.8 Å². The van der Waals surface area contributed by atoms with E-state index in [-0.39, 0.29) is 21.5 Å². The van der Waals surface area contributed by atoms with E-state index in [9.17, 15) is 16.8 Å². The van der Waals surface area contributed by atoms with E-state index in [0.29, 0.717) is 16.3 Å². The van der Waals surface area contributed by atoms with Crippen molar-refractivity contribution in [3.63, 3.8) is 0 Å². The van der Waals surface area contributed by atoms with E-state index in [2.05, 4.69) is 11.9 Å². The summed E-state index contributed by atoms with van der Waals surface area (Å²) >= 11 is 0. The molecule has 13 heteroatoms. The minimum atomic E-state index is -4.05. The van der Waals surface area contributed by atoms with Gasteiger partial charge in [-0.2, -0.15) is 8.42 Å². The maximum atomic E-state index is 14.1. The maximum Gasteiger partial charge on any atom is 0.414 e. The molecule has 0 saturated carbocycles. The van der Waals surface area contributed by atoms with Crippen LogP contribution in [0.4, 0.5) is 0 Å². The SMILES string of the molecule is CN1CCC(c2cn(S(=O)(=O)c3cccc4ccccc34)c3ccc(OS(=O)(=O)c4ccccc4)cc23)CC1.O=C(O)C(=O)O. The van der Waals surface area contributed by atoms with E-state index in [1.165, 1.54) is 22.2 Å². The van der Waals surface area contributed by atoms with Crippen molar-refractivity contribution in [3.8, 4) is 5.75 Å². The lowest BCUT2D eigenvalue weighted by Crippen LogP contribution is -2.29. The van der Waals surface area contributed by atoms with Gasteiger partial charge in [-0.1, -0.05) is 54.6 Å². The molecule has 1 aliphatic rings. The van der Waals surface area contributed by atoms with Crippen molar-refractivity contribution in [2.75, 3.05) is 20.1 Å². The van der Waals surface area contributed by atoms with Gasteiger partial charge in [0, 0.05) is 17.0 Å². The molecule has 0 spiro atoms. The first-order valence-corrected chi connectivity index (χ1v) is 16.8. The fourth-order valence-electron chi connectivity index (χ4n) is 5.39. The monoisotopic (exact) mass is 650 g/mol. The van der Waals surface area contributed by atoms with Crippen molar-refractivity contribution in [1.29, 1.82) is 0 Å². The van der Waals surface area contributed by atoms with Crippen molar-refractivity contribution in [2.45, 2.75) is 28.6 Å². The number of piperidine rings is 1. The highest BCUT2D eigenvalue weighted by molar-refractivity contribution is 7.90. The first kappa shape index (κ1) is 31.7. The molecular formula is C32H30N2O9S2. The predicted octanol–water partition coefficient (Wildman–Crippen LogP) is 4.76. The lowest BCUT2D eigenvalue weighted by atomic mass is 9.89. The van der Waals surface area contributed by atoms with Crippen LogP contribution in [-0.2, 0) is 29.7 Å². The molecule has 1 aliphatic heterocycles. The van der Waals surface area contributed by atoms with Crippen LogP contribution in [0, 0.1) is 0 Å². The van der Waals surface area contributed by atoms with Crippen molar-refractivity contribution in [3.05, 3.63) is 103 Å². The van der Waals surface area contributed by atoms with Gasteiger partial charge in [0.25, 0.3) is 10.0 Å². The average molecular weight is 651 g/mol. The van der Waals surface area contributed by atoms with Gasteiger partial charge in [-0.25, -0.2) is 22.0 Å². The van der Waals surface area contributed by atoms with E-state index < -0.39 is 32.1 Å². The molecule has 2 heterocycles. The number of fused-ring (bicyclic) bond motifs is 2. The molecule has 4 aromatic carbocycles. The zero-order valence-electron chi connectivity index (χ0n) is 24.1. The first-order chi connectivity index (χ1) is 21.4. The molecule has 11 nitrogen and oxygen atoms in total. The van der Waals surface area contributed by atoms with Crippen LogP contribution in [-0.4, -0.2) is 68.0 Å². The lowest BCUT2D eigenvalue weighted by Gasteiger charge is -2.28. The van der Waals surface area contributed by atoms with E-state index in [0.717, 1.165) is 36.9 Å². The summed E-state index contributed by atoms with van der Waals surface area (Å²) < 4.78 is 60.9. The molecule has 45 heavy (non-hydrogen) atoms. The summed E-state index contributed by atoms with van der Waals surface area (Å²) in [4.78, 5) is 20.7. The quantitative estimate of drug-likeness (QED) is 0.194. The van der Waals surface area contributed by atoms with Crippen molar-refractivity contribution in [1.82, 2.24) is 8.87 Å². The van der Waals surface area contributed by atoms with E-state index >= 15 is 0 Å². The standard InChI is InChI=1S/C30H28N2O5S2.C2H2O4/c1-31-18-16-23(17-19-31)28-21-32(38(33,34)30-13-7-9-22-8-5-6-12-26(22)30)29-15-14-24(20-27(28)29)37-39(35,36)25-10-3-2-4-11-25;3-1(4)2(5)6/h2-15,20-21,23H,16-19H2,1H3;(H,3,4)(H,5,6). The molecule has 0 aliphatic carbocycles. The number of nitrogens with zero attached hydrogens (tertiary/aromatic N) is 2.